The normalized spacial score (nSPS) is 16.8. The summed E-state index contributed by atoms with van der Waals surface area (Å²) < 4.78 is 0. The molecule has 0 aromatic carbocycles. The van der Waals surface area contributed by atoms with Gasteiger partial charge in [0.15, 0.2) is 12.1 Å². The maximum atomic E-state index is 10.3. The highest BCUT2D eigenvalue weighted by Gasteiger charge is 2.27. The van der Waals surface area contributed by atoms with E-state index in [-0.39, 0.29) is 0 Å². The molecule has 1 aliphatic rings. The highest BCUT2D eigenvalue weighted by atomic mass is 16.1. The number of aryl methyl sites for hydroxylation is 1. The predicted octanol–water partition coefficient (Wildman–Crippen LogP) is 1.41. The topological polar surface area (TPSA) is 45.8 Å². The Morgan fingerprint density at radius 3 is 2.82 bits per heavy atom. The Kier molecular flexibility index (Phi) is 1.31. The zero-order chi connectivity index (χ0) is 7.84. The van der Waals surface area contributed by atoms with E-state index in [9.17, 15) is 4.79 Å². The van der Waals surface area contributed by atoms with E-state index in [2.05, 4.69) is 9.97 Å². The van der Waals surface area contributed by atoms with Crippen molar-refractivity contribution in [3.05, 3.63) is 17.2 Å². The van der Waals surface area contributed by atoms with Gasteiger partial charge in [0.2, 0.25) is 0 Å². The molecule has 11 heavy (non-hydrogen) atoms. The molecule has 58 valence electrons. The van der Waals surface area contributed by atoms with Gasteiger partial charge in [0.1, 0.15) is 0 Å². The molecule has 0 aliphatic heterocycles. The first-order valence-corrected chi connectivity index (χ1v) is 3.83. The molecule has 2 rings (SSSR count). The number of hydrogen-bond acceptors (Lipinski definition) is 2. The van der Waals surface area contributed by atoms with Crippen LogP contribution in [0.15, 0.2) is 0 Å². The fourth-order valence-electron chi connectivity index (χ4n) is 1.31. The molecule has 0 amide bonds. The van der Waals surface area contributed by atoms with Gasteiger partial charge in [0.25, 0.3) is 0 Å². The smallest absolute Gasteiger partial charge is 0.185 e. The molecule has 0 unspecified atom stereocenters. The van der Waals surface area contributed by atoms with Crippen LogP contribution in [0.25, 0.3) is 0 Å². The van der Waals surface area contributed by atoms with E-state index >= 15 is 0 Å². The summed E-state index contributed by atoms with van der Waals surface area (Å²) in [6.45, 7) is 1.97. The van der Waals surface area contributed by atoms with Crippen molar-refractivity contribution in [1.82, 2.24) is 9.97 Å². The predicted molar refractivity (Wildman–Crippen MR) is 40.7 cm³/mol. The lowest BCUT2D eigenvalue weighted by Gasteiger charge is -1.88. The van der Waals surface area contributed by atoms with Crippen molar-refractivity contribution in [3.63, 3.8) is 0 Å². The quantitative estimate of drug-likeness (QED) is 0.648. The molecule has 1 aromatic rings. The number of aldehydes is 1. The highest BCUT2D eigenvalue weighted by molar-refractivity contribution is 5.69. The van der Waals surface area contributed by atoms with Crippen LogP contribution < -0.4 is 0 Å². The third-order valence-corrected chi connectivity index (χ3v) is 2.02. The summed E-state index contributed by atoms with van der Waals surface area (Å²) in [5.74, 6) is 1.09. The van der Waals surface area contributed by atoms with Gasteiger partial charge in [-0.05, 0) is 19.8 Å². The minimum absolute atomic E-state index is 0.462. The molecule has 0 atom stereocenters. The average molecular weight is 150 g/mol. The van der Waals surface area contributed by atoms with E-state index in [4.69, 9.17) is 0 Å². The minimum Gasteiger partial charge on any atom is -0.340 e. The molecular formula is C8H10N2O. The van der Waals surface area contributed by atoms with Crippen LogP contribution in [0.2, 0.25) is 0 Å². The monoisotopic (exact) mass is 150 g/mol. The summed E-state index contributed by atoms with van der Waals surface area (Å²) in [4.78, 5) is 17.4. The summed E-state index contributed by atoms with van der Waals surface area (Å²) in [5, 5.41) is 0. The standard InChI is InChI=1S/C8H10N2O/c1-5-8(6-2-3-6)10-7(4-11)9-5/h4,6H,2-3H2,1H3,(H,9,10). The Morgan fingerprint density at radius 2 is 2.36 bits per heavy atom. The summed E-state index contributed by atoms with van der Waals surface area (Å²) in [7, 11) is 0. The van der Waals surface area contributed by atoms with Crippen molar-refractivity contribution in [2.75, 3.05) is 0 Å². The molecular weight excluding hydrogens is 140 g/mol. The zero-order valence-corrected chi connectivity index (χ0v) is 6.42. The van der Waals surface area contributed by atoms with E-state index in [1.54, 1.807) is 0 Å². The third-order valence-electron chi connectivity index (χ3n) is 2.02. The first-order valence-electron chi connectivity index (χ1n) is 3.83. The van der Waals surface area contributed by atoms with Crippen molar-refractivity contribution in [1.29, 1.82) is 0 Å². The van der Waals surface area contributed by atoms with Crippen LogP contribution in [0.5, 0.6) is 0 Å². The maximum Gasteiger partial charge on any atom is 0.185 e. The van der Waals surface area contributed by atoms with Crippen molar-refractivity contribution >= 4 is 6.29 Å². The number of nitrogens with one attached hydrogen (secondary N) is 1. The van der Waals surface area contributed by atoms with Crippen molar-refractivity contribution in [3.8, 4) is 0 Å². The number of carbonyl (C=O) groups is 1. The molecule has 3 nitrogen and oxygen atoms in total. The largest absolute Gasteiger partial charge is 0.340 e. The molecule has 3 heteroatoms. The van der Waals surface area contributed by atoms with Crippen LogP contribution in [-0.4, -0.2) is 16.3 Å². The van der Waals surface area contributed by atoms with E-state index in [1.807, 2.05) is 6.92 Å². The van der Waals surface area contributed by atoms with Crippen molar-refractivity contribution in [2.45, 2.75) is 25.7 Å². The fourth-order valence-corrected chi connectivity index (χ4v) is 1.31. The Morgan fingerprint density at radius 1 is 1.64 bits per heavy atom. The van der Waals surface area contributed by atoms with Crippen LogP contribution in [0, 0.1) is 6.92 Å². The van der Waals surface area contributed by atoms with Gasteiger partial charge in [0.05, 0.1) is 5.69 Å². The van der Waals surface area contributed by atoms with Gasteiger partial charge in [-0.25, -0.2) is 4.98 Å². The lowest BCUT2D eigenvalue weighted by atomic mass is 10.2. The van der Waals surface area contributed by atoms with Crippen LogP contribution >= 0.6 is 0 Å². The molecule has 0 bridgehead atoms. The summed E-state index contributed by atoms with van der Waals surface area (Å²) in [6, 6.07) is 0. The van der Waals surface area contributed by atoms with Crippen LogP contribution in [0.1, 0.15) is 40.8 Å². The second-order valence-electron chi connectivity index (χ2n) is 3.02. The molecule has 0 saturated heterocycles. The first kappa shape index (κ1) is 6.58. The molecule has 1 N–H and O–H groups in total. The highest BCUT2D eigenvalue weighted by Crippen LogP contribution is 2.40. The van der Waals surface area contributed by atoms with Crippen LogP contribution in [0.3, 0.4) is 0 Å². The summed E-state index contributed by atoms with van der Waals surface area (Å²) in [5.41, 5.74) is 2.14. The number of hydrogen-bond donors (Lipinski definition) is 1. The first-order chi connectivity index (χ1) is 5.31. The SMILES string of the molecule is Cc1[nH]c(C=O)nc1C1CC1. The number of aromatic amines is 1. The van der Waals surface area contributed by atoms with Gasteiger partial charge in [0, 0.05) is 11.6 Å². The number of rotatable bonds is 2. The molecule has 1 fully saturated rings. The third kappa shape index (κ3) is 1.06. The summed E-state index contributed by atoms with van der Waals surface area (Å²) in [6.07, 6.45) is 3.22. The van der Waals surface area contributed by atoms with Crippen molar-refractivity contribution < 1.29 is 4.79 Å². The number of aromatic nitrogens is 2. The van der Waals surface area contributed by atoms with E-state index < -0.39 is 0 Å². The number of imidazole rings is 1. The van der Waals surface area contributed by atoms with E-state index in [1.165, 1.54) is 12.8 Å². The number of H-pyrrole nitrogens is 1. The molecule has 1 aliphatic carbocycles. The van der Waals surface area contributed by atoms with Gasteiger partial charge in [-0.2, -0.15) is 0 Å². The van der Waals surface area contributed by atoms with Crippen LogP contribution in [0.4, 0.5) is 0 Å². The van der Waals surface area contributed by atoms with Gasteiger partial charge in [-0.3, -0.25) is 4.79 Å². The van der Waals surface area contributed by atoms with Gasteiger partial charge in [-0.15, -0.1) is 0 Å². The lowest BCUT2D eigenvalue weighted by Crippen LogP contribution is -1.83. The molecule has 1 saturated carbocycles. The summed E-state index contributed by atoms with van der Waals surface area (Å²) >= 11 is 0. The van der Waals surface area contributed by atoms with Gasteiger partial charge >= 0.3 is 0 Å². The fraction of sp³-hybridized carbons (Fsp3) is 0.500. The van der Waals surface area contributed by atoms with E-state index in [0.717, 1.165) is 17.7 Å². The zero-order valence-electron chi connectivity index (χ0n) is 6.42. The lowest BCUT2D eigenvalue weighted by molar-refractivity contribution is 0.111. The van der Waals surface area contributed by atoms with Crippen molar-refractivity contribution in [2.24, 2.45) is 0 Å². The second-order valence-corrected chi connectivity index (χ2v) is 3.02. The molecule has 0 radical (unpaired) electrons. The second kappa shape index (κ2) is 2.19. The molecule has 1 aromatic heterocycles. The Hall–Kier alpha value is -1.12. The Balaban J connectivity index is 2.37. The number of carbonyl (C=O) groups excluding carboxylic acids is 1. The van der Waals surface area contributed by atoms with Gasteiger partial charge in [-0.1, -0.05) is 0 Å². The maximum absolute atomic E-state index is 10.3. The number of nitrogens with zero attached hydrogens (tertiary/aromatic N) is 1. The van der Waals surface area contributed by atoms with E-state index in [0.29, 0.717) is 11.7 Å². The minimum atomic E-state index is 0.462. The Bertz CT molecular complexity index is 286. The Labute approximate surface area is 64.8 Å². The van der Waals surface area contributed by atoms with Gasteiger partial charge < -0.3 is 4.98 Å². The van der Waals surface area contributed by atoms with Crippen LogP contribution in [-0.2, 0) is 0 Å². The molecule has 0 spiro atoms. The molecule has 1 heterocycles. The average Bonchev–Trinajstić information content (AvgIpc) is 2.76.